The first-order valence-corrected chi connectivity index (χ1v) is 17.3. The molecule has 5 heterocycles. The second-order valence-electron chi connectivity index (χ2n) is 11.1. The largest absolute Gasteiger partial charge is 0.472 e. The number of thiazole rings is 1. The number of fused-ring (bicyclic) bond motifs is 2. The zero-order valence-corrected chi connectivity index (χ0v) is 26.1. The minimum absolute atomic E-state index is 0.0503. The number of imidazole rings is 1. The van der Waals surface area contributed by atoms with E-state index in [1.807, 2.05) is 16.7 Å². The van der Waals surface area contributed by atoms with Crippen molar-refractivity contribution in [2.75, 3.05) is 26.3 Å². The topological polar surface area (TPSA) is 128 Å². The van der Waals surface area contributed by atoms with E-state index in [0.717, 1.165) is 47.9 Å². The van der Waals surface area contributed by atoms with E-state index in [2.05, 4.69) is 9.71 Å². The van der Waals surface area contributed by atoms with Crippen LogP contribution in [-0.4, -0.2) is 65.4 Å². The van der Waals surface area contributed by atoms with Gasteiger partial charge in [0.25, 0.3) is 15.9 Å². The van der Waals surface area contributed by atoms with Crippen LogP contribution in [0.3, 0.4) is 0 Å². The number of aromatic nitrogens is 3. The first-order chi connectivity index (χ1) is 21.3. The van der Waals surface area contributed by atoms with Crippen molar-refractivity contribution in [3.05, 3.63) is 64.6 Å². The summed E-state index contributed by atoms with van der Waals surface area (Å²) in [5, 5.41) is 2.10. The predicted octanol–water partition coefficient (Wildman–Crippen LogP) is 5.29. The van der Waals surface area contributed by atoms with Gasteiger partial charge in [-0.1, -0.05) is 36.9 Å². The van der Waals surface area contributed by atoms with Crippen LogP contribution in [0.15, 0.2) is 57.8 Å². The van der Waals surface area contributed by atoms with Gasteiger partial charge in [0, 0.05) is 41.2 Å². The van der Waals surface area contributed by atoms with Crippen molar-refractivity contribution in [1.29, 1.82) is 0 Å². The van der Waals surface area contributed by atoms with Crippen LogP contribution < -0.4 is 4.72 Å². The third kappa shape index (κ3) is 5.21. The van der Waals surface area contributed by atoms with Crippen LogP contribution in [0.25, 0.3) is 27.1 Å². The number of carbonyl (C=O) groups excluding carboxylic acids is 2. The molecule has 1 saturated carbocycles. The normalized spacial score (nSPS) is 16.6. The molecule has 0 unspecified atom stereocenters. The van der Waals surface area contributed by atoms with E-state index in [1.54, 1.807) is 34.9 Å². The molecule has 14 heteroatoms. The molecule has 1 aliphatic carbocycles. The second-order valence-corrected chi connectivity index (χ2v) is 13.9. The smallest absolute Gasteiger partial charge is 0.283 e. The highest BCUT2D eigenvalue weighted by molar-refractivity contribution is 7.90. The van der Waals surface area contributed by atoms with Gasteiger partial charge in [0.2, 0.25) is 5.91 Å². The molecule has 1 N–H and O–H groups in total. The molecule has 7 rings (SSSR count). The highest BCUT2D eigenvalue weighted by Gasteiger charge is 2.31. The minimum Gasteiger partial charge on any atom is -0.472 e. The summed E-state index contributed by atoms with van der Waals surface area (Å²) in [6.07, 6.45) is 10.3. The maximum atomic E-state index is 13.6. The number of halogens is 1. The Balaban J connectivity index is 1.33. The molecule has 2 amide bonds. The maximum absolute atomic E-state index is 13.6. The Bertz CT molecular complexity index is 1960. The van der Waals surface area contributed by atoms with E-state index in [-0.39, 0.29) is 34.1 Å². The van der Waals surface area contributed by atoms with Gasteiger partial charge in [0.15, 0.2) is 15.1 Å². The molecule has 0 radical (unpaired) electrons. The first kappa shape index (κ1) is 29.1. The van der Waals surface area contributed by atoms with E-state index < -0.39 is 15.9 Å². The van der Waals surface area contributed by atoms with Gasteiger partial charge >= 0.3 is 0 Å². The third-order valence-corrected chi connectivity index (χ3v) is 11.0. The summed E-state index contributed by atoms with van der Waals surface area (Å²) < 4.78 is 43.1. The van der Waals surface area contributed by atoms with Gasteiger partial charge in [-0.15, -0.1) is 11.3 Å². The molecule has 1 aromatic carbocycles. The van der Waals surface area contributed by atoms with Gasteiger partial charge in [0.05, 0.1) is 37.0 Å². The van der Waals surface area contributed by atoms with Crippen molar-refractivity contribution in [3.63, 3.8) is 0 Å². The van der Waals surface area contributed by atoms with Crippen molar-refractivity contribution < 1.29 is 27.2 Å². The van der Waals surface area contributed by atoms with Crippen LogP contribution in [0.2, 0.25) is 5.15 Å². The summed E-state index contributed by atoms with van der Waals surface area (Å²) in [6.45, 7) is 2.04. The van der Waals surface area contributed by atoms with Gasteiger partial charge in [-0.05, 0) is 42.5 Å². The van der Waals surface area contributed by atoms with Crippen molar-refractivity contribution in [1.82, 2.24) is 23.6 Å². The number of carbonyl (C=O) groups is 2. The predicted molar refractivity (Wildman–Crippen MR) is 166 cm³/mol. The summed E-state index contributed by atoms with van der Waals surface area (Å²) >= 11 is 7.40. The molecule has 4 aromatic heterocycles. The van der Waals surface area contributed by atoms with Crippen LogP contribution >= 0.6 is 22.9 Å². The van der Waals surface area contributed by atoms with E-state index in [4.69, 9.17) is 20.8 Å². The summed E-state index contributed by atoms with van der Waals surface area (Å²) in [5.74, 6) is -0.602. The van der Waals surface area contributed by atoms with Crippen LogP contribution in [0.4, 0.5) is 0 Å². The molecule has 0 atom stereocenters. The highest BCUT2D eigenvalue weighted by atomic mass is 35.5. The SMILES string of the molecule is O=C(NS(=O)(=O)c1c(Cl)nc2sccn12)c1ccc2c(C3CCCCC3)c(-c3ccoc3)n(CC(=O)N3CCOCC3)c2c1. The van der Waals surface area contributed by atoms with E-state index in [0.29, 0.717) is 36.8 Å². The van der Waals surface area contributed by atoms with Gasteiger partial charge < -0.3 is 18.6 Å². The van der Waals surface area contributed by atoms with Crippen LogP contribution in [0, 0.1) is 0 Å². The number of morpholine rings is 1. The van der Waals surface area contributed by atoms with Gasteiger partial charge in [0.1, 0.15) is 6.54 Å². The Morgan fingerprint density at radius 2 is 1.91 bits per heavy atom. The van der Waals surface area contributed by atoms with E-state index in [1.165, 1.54) is 28.4 Å². The minimum atomic E-state index is -4.36. The fourth-order valence-corrected chi connectivity index (χ4v) is 8.88. The fraction of sp³-hybridized carbons (Fsp3) is 0.367. The molecule has 230 valence electrons. The average molecular weight is 656 g/mol. The van der Waals surface area contributed by atoms with Gasteiger partial charge in [-0.2, -0.15) is 8.42 Å². The molecule has 5 aromatic rings. The average Bonchev–Trinajstić information content (AvgIpc) is 3.82. The van der Waals surface area contributed by atoms with Crippen molar-refractivity contribution in [2.24, 2.45) is 0 Å². The molecule has 1 saturated heterocycles. The molecular weight excluding hydrogens is 626 g/mol. The van der Waals surface area contributed by atoms with Crippen molar-refractivity contribution >= 4 is 60.6 Å². The van der Waals surface area contributed by atoms with Gasteiger partial charge in [-0.25, -0.2) is 9.71 Å². The number of ether oxygens (including phenoxy) is 1. The van der Waals surface area contributed by atoms with Crippen LogP contribution in [-0.2, 0) is 26.1 Å². The summed E-state index contributed by atoms with van der Waals surface area (Å²) in [4.78, 5) is 33.4. The lowest BCUT2D eigenvalue weighted by molar-refractivity contribution is -0.135. The number of hydrogen-bond donors (Lipinski definition) is 1. The first-order valence-electron chi connectivity index (χ1n) is 14.5. The maximum Gasteiger partial charge on any atom is 0.283 e. The monoisotopic (exact) mass is 655 g/mol. The number of sulfonamides is 1. The number of nitrogens with zero attached hydrogens (tertiary/aromatic N) is 4. The zero-order chi connectivity index (χ0) is 30.4. The lowest BCUT2D eigenvalue weighted by atomic mass is 9.82. The van der Waals surface area contributed by atoms with Crippen LogP contribution in [0.1, 0.15) is 53.9 Å². The fourth-order valence-electron chi connectivity index (χ4n) is 6.45. The molecular formula is C30H30ClN5O6S2. The van der Waals surface area contributed by atoms with Crippen molar-refractivity contribution in [2.45, 2.75) is 49.6 Å². The quantitative estimate of drug-likeness (QED) is 0.252. The summed E-state index contributed by atoms with van der Waals surface area (Å²) in [6, 6.07) is 7.05. The number of rotatable bonds is 7. The van der Waals surface area contributed by atoms with Crippen molar-refractivity contribution in [3.8, 4) is 11.3 Å². The Hall–Kier alpha value is -3.65. The second kappa shape index (κ2) is 11.7. The molecule has 11 nitrogen and oxygen atoms in total. The molecule has 0 bridgehead atoms. The Kier molecular flexibility index (Phi) is 7.73. The zero-order valence-electron chi connectivity index (χ0n) is 23.7. The Morgan fingerprint density at radius 3 is 2.66 bits per heavy atom. The lowest BCUT2D eigenvalue weighted by Gasteiger charge is -2.27. The van der Waals surface area contributed by atoms with E-state index >= 15 is 0 Å². The number of amides is 2. The molecule has 2 aliphatic rings. The summed E-state index contributed by atoms with van der Waals surface area (Å²) in [7, 11) is -4.36. The Labute approximate surface area is 262 Å². The molecule has 1 aliphatic heterocycles. The summed E-state index contributed by atoms with van der Waals surface area (Å²) in [5.41, 5.74) is 3.67. The standard InChI is InChI=1S/C30H30ClN5O6S2/c31-27-29(35-11-15-43-30(35)32-27)44(39,40)33-28(38)20-6-7-22-23(16-20)36(17-24(37)34-9-13-41-14-10-34)26(21-8-12-42-18-21)25(22)19-4-2-1-3-5-19/h6-8,11-12,15-16,18-19H,1-5,9-10,13-14,17H2,(H,33,38). The number of hydrogen-bond acceptors (Lipinski definition) is 8. The Morgan fingerprint density at radius 1 is 1.11 bits per heavy atom. The van der Waals surface area contributed by atoms with Crippen LogP contribution in [0.5, 0.6) is 0 Å². The third-order valence-electron chi connectivity index (χ3n) is 8.49. The number of benzene rings is 1. The highest BCUT2D eigenvalue weighted by Crippen LogP contribution is 2.44. The number of nitrogens with one attached hydrogen (secondary N) is 1. The lowest BCUT2D eigenvalue weighted by Crippen LogP contribution is -2.42. The molecule has 44 heavy (non-hydrogen) atoms. The van der Waals surface area contributed by atoms with E-state index in [9.17, 15) is 18.0 Å². The molecule has 2 fully saturated rings. The van der Waals surface area contributed by atoms with Gasteiger partial charge in [-0.3, -0.25) is 14.0 Å². The molecule has 0 spiro atoms. The number of furan rings is 1.